The van der Waals surface area contributed by atoms with Crippen molar-refractivity contribution in [2.75, 3.05) is 0 Å². The Bertz CT molecular complexity index is 1030. The van der Waals surface area contributed by atoms with E-state index in [1.165, 1.54) is 38.5 Å². The molecule has 4 rings (SSSR count). The summed E-state index contributed by atoms with van der Waals surface area (Å²) in [5, 5.41) is 3.99. The van der Waals surface area contributed by atoms with Crippen LogP contribution in [-0.2, 0) is 13.0 Å². The van der Waals surface area contributed by atoms with Crippen LogP contribution in [0, 0.1) is 0 Å². The molecule has 3 aromatic carbocycles. The SMILES string of the molecule is CCc1ccccc1-c1c2ccccc2c2ccccc2[n+]1CC. The van der Waals surface area contributed by atoms with E-state index in [0.717, 1.165) is 13.0 Å². The minimum absolute atomic E-state index is 0.957. The molecule has 1 heterocycles. The van der Waals surface area contributed by atoms with Crippen molar-refractivity contribution in [3.8, 4) is 11.3 Å². The summed E-state index contributed by atoms with van der Waals surface area (Å²) < 4.78 is 2.46. The van der Waals surface area contributed by atoms with Crippen LogP contribution < -0.4 is 4.57 Å². The molecular weight excluding hydrogens is 290 g/mol. The Balaban J connectivity index is 2.25. The second-order valence-electron chi connectivity index (χ2n) is 6.17. The van der Waals surface area contributed by atoms with Gasteiger partial charge in [-0.05, 0) is 37.1 Å². The van der Waals surface area contributed by atoms with E-state index < -0.39 is 0 Å². The van der Waals surface area contributed by atoms with E-state index in [0.29, 0.717) is 0 Å². The Hall–Kier alpha value is -2.67. The first kappa shape index (κ1) is 14.9. The van der Waals surface area contributed by atoms with Crippen LogP contribution >= 0.6 is 0 Å². The quantitative estimate of drug-likeness (QED) is 0.346. The summed E-state index contributed by atoms with van der Waals surface area (Å²) >= 11 is 0. The van der Waals surface area contributed by atoms with Crippen LogP contribution in [-0.4, -0.2) is 0 Å². The van der Waals surface area contributed by atoms with Crippen LogP contribution in [0.15, 0.2) is 72.8 Å². The first-order valence-corrected chi connectivity index (χ1v) is 8.76. The van der Waals surface area contributed by atoms with Gasteiger partial charge in [-0.25, -0.2) is 0 Å². The van der Waals surface area contributed by atoms with Crippen molar-refractivity contribution in [2.24, 2.45) is 0 Å². The van der Waals surface area contributed by atoms with E-state index in [1.807, 2.05) is 0 Å². The zero-order chi connectivity index (χ0) is 16.5. The lowest BCUT2D eigenvalue weighted by molar-refractivity contribution is -0.655. The van der Waals surface area contributed by atoms with Crippen molar-refractivity contribution in [3.63, 3.8) is 0 Å². The highest BCUT2D eigenvalue weighted by Crippen LogP contribution is 2.32. The van der Waals surface area contributed by atoms with Gasteiger partial charge in [0.05, 0.1) is 10.8 Å². The first-order valence-electron chi connectivity index (χ1n) is 8.76. The molecule has 0 amide bonds. The summed E-state index contributed by atoms with van der Waals surface area (Å²) in [5.74, 6) is 0. The molecule has 118 valence electrons. The number of benzene rings is 3. The second kappa shape index (κ2) is 6.09. The topological polar surface area (TPSA) is 3.88 Å². The molecular formula is C23H22N+. The Labute approximate surface area is 143 Å². The molecule has 0 fully saturated rings. The van der Waals surface area contributed by atoms with Crippen molar-refractivity contribution >= 4 is 21.7 Å². The number of hydrogen-bond acceptors (Lipinski definition) is 0. The second-order valence-corrected chi connectivity index (χ2v) is 6.17. The highest BCUT2D eigenvalue weighted by Gasteiger charge is 2.22. The van der Waals surface area contributed by atoms with Gasteiger partial charge in [0.2, 0.25) is 11.2 Å². The summed E-state index contributed by atoms with van der Waals surface area (Å²) in [6, 6.07) is 26.3. The van der Waals surface area contributed by atoms with Gasteiger partial charge < -0.3 is 0 Å². The molecule has 0 aliphatic rings. The van der Waals surface area contributed by atoms with E-state index in [2.05, 4.69) is 91.2 Å². The Morgan fingerprint density at radius 2 is 1.29 bits per heavy atom. The number of rotatable bonds is 3. The smallest absolute Gasteiger partial charge is 0.191 e. The average molecular weight is 312 g/mol. The third-order valence-corrected chi connectivity index (χ3v) is 4.91. The number of fused-ring (bicyclic) bond motifs is 3. The largest absolute Gasteiger partial charge is 0.221 e. The molecule has 1 nitrogen and oxygen atoms in total. The van der Waals surface area contributed by atoms with E-state index in [4.69, 9.17) is 0 Å². The fourth-order valence-electron chi connectivity index (χ4n) is 3.81. The van der Waals surface area contributed by atoms with Crippen LogP contribution in [0.4, 0.5) is 0 Å². The maximum Gasteiger partial charge on any atom is 0.221 e. The molecule has 0 N–H and O–H groups in total. The van der Waals surface area contributed by atoms with Crippen molar-refractivity contribution in [1.29, 1.82) is 0 Å². The normalized spacial score (nSPS) is 11.2. The van der Waals surface area contributed by atoms with Gasteiger partial charge in [0.25, 0.3) is 0 Å². The third-order valence-electron chi connectivity index (χ3n) is 4.91. The molecule has 4 aromatic rings. The summed E-state index contributed by atoms with van der Waals surface area (Å²) in [6.07, 6.45) is 1.04. The van der Waals surface area contributed by atoms with Crippen LogP contribution in [0.2, 0.25) is 0 Å². The lowest BCUT2D eigenvalue weighted by Gasteiger charge is -2.13. The van der Waals surface area contributed by atoms with Gasteiger partial charge in [-0.2, -0.15) is 4.57 Å². The Kier molecular flexibility index (Phi) is 3.78. The first-order chi connectivity index (χ1) is 11.8. The maximum absolute atomic E-state index is 2.46. The zero-order valence-electron chi connectivity index (χ0n) is 14.3. The lowest BCUT2D eigenvalue weighted by Crippen LogP contribution is -2.36. The predicted molar refractivity (Wildman–Crippen MR) is 102 cm³/mol. The monoisotopic (exact) mass is 312 g/mol. The highest BCUT2D eigenvalue weighted by molar-refractivity contribution is 6.08. The molecule has 0 saturated carbocycles. The third kappa shape index (κ3) is 2.20. The van der Waals surface area contributed by atoms with Gasteiger partial charge in [-0.1, -0.05) is 55.5 Å². The van der Waals surface area contributed by atoms with Gasteiger partial charge in [-0.3, -0.25) is 0 Å². The summed E-state index contributed by atoms with van der Waals surface area (Å²) in [7, 11) is 0. The van der Waals surface area contributed by atoms with Gasteiger partial charge >= 0.3 is 0 Å². The molecule has 0 bridgehead atoms. The Morgan fingerprint density at radius 3 is 2.04 bits per heavy atom. The van der Waals surface area contributed by atoms with Gasteiger partial charge in [0, 0.05) is 17.0 Å². The van der Waals surface area contributed by atoms with E-state index >= 15 is 0 Å². The minimum Gasteiger partial charge on any atom is -0.191 e. The van der Waals surface area contributed by atoms with Crippen LogP contribution in [0.25, 0.3) is 32.9 Å². The molecule has 1 aromatic heterocycles. The minimum atomic E-state index is 0.957. The summed E-state index contributed by atoms with van der Waals surface area (Å²) in [5.41, 5.74) is 5.40. The number of pyridine rings is 1. The standard InChI is InChI=1S/C23H22N/c1-3-17-11-5-6-12-18(17)23-21-15-8-7-13-19(21)20-14-9-10-16-22(20)24(23)4-2/h5-16H,3-4H2,1-2H3/q+1. The molecule has 0 aliphatic carbocycles. The lowest BCUT2D eigenvalue weighted by atomic mass is 9.95. The van der Waals surface area contributed by atoms with Crippen LogP contribution in [0.5, 0.6) is 0 Å². The summed E-state index contributed by atoms with van der Waals surface area (Å²) in [6.45, 7) is 5.43. The maximum atomic E-state index is 2.46. The van der Waals surface area contributed by atoms with Crippen molar-refractivity contribution in [3.05, 3.63) is 78.4 Å². The molecule has 0 unspecified atom stereocenters. The van der Waals surface area contributed by atoms with Crippen molar-refractivity contribution in [1.82, 2.24) is 0 Å². The average Bonchev–Trinajstić information content (AvgIpc) is 2.67. The molecule has 0 spiro atoms. The highest BCUT2D eigenvalue weighted by atomic mass is 15.0. The van der Waals surface area contributed by atoms with Gasteiger partial charge in [-0.15, -0.1) is 0 Å². The molecule has 0 aliphatic heterocycles. The Morgan fingerprint density at radius 1 is 0.667 bits per heavy atom. The molecule has 0 atom stereocenters. The number of nitrogens with zero attached hydrogens (tertiary/aromatic N) is 1. The predicted octanol–water partition coefficient (Wildman–Crippen LogP) is 5.53. The number of para-hydroxylation sites is 1. The number of hydrogen-bond donors (Lipinski definition) is 0. The fraction of sp³-hybridized carbons (Fsp3) is 0.174. The molecule has 24 heavy (non-hydrogen) atoms. The van der Waals surface area contributed by atoms with Crippen molar-refractivity contribution < 1.29 is 4.57 Å². The fourth-order valence-corrected chi connectivity index (χ4v) is 3.81. The molecule has 0 saturated heterocycles. The van der Waals surface area contributed by atoms with Crippen molar-refractivity contribution in [2.45, 2.75) is 26.8 Å². The van der Waals surface area contributed by atoms with Gasteiger partial charge in [0.1, 0.15) is 6.54 Å². The van der Waals surface area contributed by atoms with Crippen LogP contribution in [0.3, 0.4) is 0 Å². The zero-order valence-corrected chi connectivity index (χ0v) is 14.3. The van der Waals surface area contributed by atoms with E-state index in [1.54, 1.807) is 0 Å². The number of aromatic nitrogens is 1. The van der Waals surface area contributed by atoms with E-state index in [9.17, 15) is 0 Å². The van der Waals surface area contributed by atoms with Gasteiger partial charge in [0.15, 0.2) is 0 Å². The molecule has 0 radical (unpaired) electrons. The van der Waals surface area contributed by atoms with E-state index in [-0.39, 0.29) is 0 Å². The molecule has 1 heteroatoms. The summed E-state index contributed by atoms with van der Waals surface area (Å²) in [4.78, 5) is 0. The van der Waals surface area contributed by atoms with Crippen LogP contribution in [0.1, 0.15) is 19.4 Å². The number of aryl methyl sites for hydroxylation is 2.